The molecule has 1 aromatic heterocycles. The van der Waals surface area contributed by atoms with Gasteiger partial charge in [0, 0.05) is 50.0 Å². The number of nitrogens with zero attached hydrogens (tertiary/aromatic N) is 3. The van der Waals surface area contributed by atoms with E-state index < -0.39 is 0 Å². The minimum atomic E-state index is 0.0641. The zero-order valence-electron chi connectivity index (χ0n) is 22.0. The number of hydrogen-bond donors (Lipinski definition) is 1. The molecule has 2 aliphatic rings. The second kappa shape index (κ2) is 12.0. The molecule has 188 valence electrons. The molecule has 0 atom stereocenters. The van der Waals surface area contributed by atoms with E-state index in [9.17, 15) is 4.79 Å². The van der Waals surface area contributed by atoms with E-state index in [1.807, 2.05) is 42.6 Å². The Bertz CT molecular complexity index is 1190. The molecule has 1 aliphatic heterocycles. The van der Waals surface area contributed by atoms with Gasteiger partial charge >= 0.3 is 0 Å². The van der Waals surface area contributed by atoms with Crippen LogP contribution in [-0.4, -0.2) is 54.4 Å². The maximum absolute atomic E-state index is 13.5. The molecule has 0 radical (unpaired) electrons. The molecule has 5 rings (SSSR count). The number of carbonyl (C=O) groups is 1. The fraction of sp³-hybridized carbons (Fsp3) is 0.355. The van der Waals surface area contributed by atoms with Crippen molar-refractivity contribution >= 4 is 23.2 Å². The Morgan fingerprint density at radius 2 is 1.72 bits per heavy atom. The van der Waals surface area contributed by atoms with Crippen LogP contribution in [0.15, 0.2) is 66.9 Å². The third-order valence-electron chi connectivity index (χ3n) is 6.85. The van der Waals surface area contributed by atoms with Gasteiger partial charge in [-0.2, -0.15) is 0 Å². The molecule has 36 heavy (non-hydrogen) atoms. The molecular weight excluding hydrogens is 444 g/mol. The van der Waals surface area contributed by atoms with Gasteiger partial charge in [-0.15, -0.1) is 0 Å². The molecule has 5 heteroatoms. The minimum absolute atomic E-state index is 0.0641. The van der Waals surface area contributed by atoms with Crippen LogP contribution in [0.1, 0.15) is 53.5 Å². The summed E-state index contributed by atoms with van der Waals surface area (Å²) in [5.41, 5.74) is 6.65. The van der Waals surface area contributed by atoms with Crippen LogP contribution in [0.4, 0.5) is 11.4 Å². The Labute approximate surface area is 215 Å². The third kappa shape index (κ3) is 6.21. The number of anilines is 2. The van der Waals surface area contributed by atoms with Crippen molar-refractivity contribution in [1.29, 1.82) is 0 Å². The lowest BCUT2D eigenvalue weighted by Crippen LogP contribution is -2.49. The van der Waals surface area contributed by atoms with Crippen molar-refractivity contribution in [3.63, 3.8) is 0 Å². The summed E-state index contributed by atoms with van der Waals surface area (Å²) in [6.45, 7) is 13.5. The van der Waals surface area contributed by atoms with Gasteiger partial charge in [-0.05, 0) is 64.0 Å². The lowest BCUT2D eigenvalue weighted by molar-refractivity contribution is 0.103. The van der Waals surface area contributed by atoms with Gasteiger partial charge in [0.15, 0.2) is 5.78 Å². The average Bonchev–Trinajstić information content (AvgIpc) is 2.89. The summed E-state index contributed by atoms with van der Waals surface area (Å²) in [4.78, 5) is 23.0. The molecule has 0 unspecified atom stereocenters. The van der Waals surface area contributed by atoms with Crippen molar-refractivity contribution in [3.8, 4) is 0 Å². The predicted octanol–water partition coefficient (Wildman–Crippen LogP) is 5.84. The van der Waals surface area contributed by atoms with Gasteiger partial charge in [0.1, 0.15) is 0 Å². The summed E-state index contributed by atoms with van der Waals surface area (Å²) >= 11 is 0. The third-order valence-corrected chi connectivity index (χ3v) is 6.85. The van der Waals surface area contributed by atoms with E-state index in [-0.39, 0.29) is 5.78 Å². The van der Waals surface area contributed by atoms with Crippen LogP contribution in [0, 0.1) is 6.92 Å². The Morgan fingerprint density at radius 1 is 0.972 bits per heavy atom. The van der Waals surface area contributed by atoms with Crippen molar-refractivity contribution in [2.24, 2.45) is 0 Å². The topological polar surface area (TPSA) is 48.5 Å². The maximum atomic E-state index is 13.5. The normalized spacial score (nSPS) is 16.2. The number of ketones is 1. The second-order valence-electron chi connectivity index (χ2n) is 9.74. The van der Waals surface area contributed by atoms with Crippen LogP contribution in [0.25, 0.3) is 6.08 Å². The molecule has 0 bridgehead atoms. The summed E-state index contributed by atoms with van der Waals surface area (Å²) in [5.74, 6) is 0.0641. The fourth-order valence-corrected chi connectivity index (χ4v) is 4.71. The molecule has 2 aromatic carbocycles. The molecule has 3 aromatic rings. The van der Waals surface area contributed by atoms with Crippen molar-refractivity contribution in [3.05, 3.63) is 94.8 Å². The predicted molar refractivity (Wildman–Crippen MR) is 151 cm³/mol. The van der Waals surface area contributed by atoms with Crippen LogP contribution in [0.5, 0.6) is 0 Å². The number of fused-ring (bicyclic) bond motifs is 2. The fourth-order valence-electron chi connectivity index (χ4n) is 4.71. The van der Waals surface area contributed by atoms with Gasteiger partial charge in [0.05, 0.1) is 23.1 Å². The first kappa shape index (κ1) is 25.6. The lowest BCUT2D eigenvalue weighted by atomic mass is 9.92. The molecule has 1 aliphatic carbocycles. The zero-order valence-corrected chi connectivity index (χ0v) is 22.0. The maximum Gasteiger partial charge on any atom is 0.195 e. The summed E-state index contributed by atoms with van der Waals surface area (Å²) in [6.07, 6.45) is 6.74. The summed E-state index contributed by atoms with van der Waals surface area (Å²) < 4.78 is 0. The van der Waals surface area contributed by atoms with Crippen LogP contribution >= 0.6 is 0 Å². The highest BCUT2D eigenvalue weighted by Crippen LogP contribution is 2.27. The van der Waals surface area contributed by atoms with Crippen molar-refractivity contribution < 1.29 is 4.79 Å². The van der Waals surface area contributed by atoms with E-state index >= 15 is 0 Å². The largest absolute Gasteiger partial charge is 0.385 e. The molecule has 1 saturated heterocycles. The second-order valence-corrected chi connectivity index (χ2v) is 9.74. The van der Waals surface area contributed by atoms with Crippen LogP contribution in [0.2, 0.25) is 0 Å². The lowest BCUT2D eigenvalue weighted by Gasteiger charge is -2.38. The molecule has 0 saturated carbocycles. The first-order valence-electron chi connectivity index (χ1n) is 13.0. The zero-order chi connectivity index (χ0) is 25.5. The van der Waals surface area contributed by atoms with E-state index in [0.29, 0.717) is 11.6 Å². The Kier molecular flexibility index (Phi) is 8.55. The Hall–Kier alpha value is -3.44. The number of pyridine rings is 1. The van der Waals surface area contributed by atoms with Crippen molar-refractivity contribution in [1.82, 2.24) is 9.88 Å². The van der Waals surface area contributed by atoms with Crippen LogP contribution < -0.4 is 10.2 Å². The van der Waals surface area contributed by atoms with Gasteiger partial charge in [-0.1, -0.05) is 48.0 Å². The van der Waals surface area contributed by atoms with Crippen LogP contribution in [-0.2, 0) is 6.42 Å². The molecular formula is C31H38N4O. The van der Waals surface area contributed by atoms with Gasteiger partial charge < -0.3 is 10.2 Å². The van der Waals surface area contributed by atoms with Gasteiger partial charge in [-0.3, -0.25) is 14.7 Å². The standard InChI is InChI=1S/C24H30N4O.C7H8/c1-4-25-19-9-8-18-6-5-7-23-22(24(29)21(18)14-19)15-20(16-26-23)28-12-10-27(11-13-28)17(2)3;1-7-5-3-2-4-6-7/h5,7-9,14-17,25H,4,6,10-13H2,1-3H3;2-6H,1H3/b7-5-;. The highest BCUT2D eigenvalue weighted by molar-refractivity contribution is 6.12. The molecule has 2 heterocycles. The molecule has 0 amide bonds. The van der Waals surface area contributed by atoms with Gasteiger partial charge in [0.25, 0.3) is 0 Å². The van der Waals surface area contributed by atoms with Gasteiger partial charge in [-0.25, -0.2) is 0 Å². The first-order chi connectivity index (χ1) is 17.5. The number of nitrogens with one attached hydrogen (secondary N) is 1. The van der Waals surface area contributed by atoms with E-state index in [1.165, 1.54) is 5.56 Å². The number of allylic oxidation sites excluding steroid dienone is 1. The first-order valence-corrected chi connectivity index (χ1v) is 13.0. The number of aryl methyl sites for hydroxylation is 1. The molecule has 1 fully saturated rings. The number of carbonyl (C=O) groups excluding carboxylic acids is 1. The van der Waals surface area contributed by atoms with Crippen molar-refractivity contribution in [2.45, 2.75) is 40.2 Å². The highest BCUT2D eigenvalue weighted by Gasteiger charge is 2.23. The average molecular weight is 483 g/mol. The Morgan fingerprint density at radius 3 is 2.36 bits per heavy atom. The number of benzene rings is 2. The van der Waals surface area contributed by atoms with Crippen LogP contribution in [0.3, 0.4) is 0 Å². The Balaban J connectivity index is 0.000000375. The van der Waals surface area contributed by atoms with E-state index in [4.69, 9.17) is 0 Å². The quantitative estimate of drug-likeness (QED) is 0.506. The van der Waals surface area contributed by atoms with Gasteiger partial charge in [0.2, 0.25) is 0 Å². The highest BCUT2D eigenvalue weighted by atomic mass is 16.1. The minimum Gasteiger partial charge on any atom is -0.385 e. The number of aromatic nitrogens is 1. The number of hydrogen-bond acceptors (Lipinski definition) is 5. The monoisotopic (exact) mass is 482 g/mol. The van der Waals surface area contributed by atoms with Crippen molar-refractivity contribution in [2.75, 3.05) is 42.9 Å². The smallest absolute Gasteiger partial charge is 0.195 e. The molecule has 1 N–H and O–H groups in total. The summed E-state index contributed by atoms with van der Waals surface area (Å²) in [7, 11) is 0. The molecule has 0 spiro atoms. The van der Waals surface area contributed by atoms with E-state index in [1.54, 1.807) is 0 Å². The van der Waals surface area contributed by atoms with E-state index in [0.717, 1.165) is 67.3 Å². The number of rotatable bonds is 4. The SMILES string of the molecule is CCNc1ccc2c(c1)C(=O)c1cc(N3CCN(C(C)C)CC3)cnc1/C=C\C2.Cc1ccccc1. The summed E-state index contributed by atoms with van der Waals surface area (Å²) in [6, 6.07) is 19.0. The molecule has 5 nitrogen and oxygen atoms in total. The van der Waals surface area contributed by atoms with E-state index in [2.05, 4.69) is 78.1 Å². The summed E-state index contributed by atoms with van der Waals surface area (Å²) in [5, 5.41) is 3.32. The number of piperazine rings is 1.